The van der Waals surface area contributed by atoms with Gasteiger partial charge in [-0.25, -0.2) is 0 Å². The van der Waals surface area contributed by atoms with Gasteiger partial charge in [0.1, 0.15) is 11.4 Å². The highest BCUT2D eigenvalue weighted by Gasteiger charge is 2.53. The molecule has 2 atom stereocenters. The smallest absolute Gasteiger partial charge is 0.430 e. The number of carboxylic acids is 1. The lowest BCUT2D eigenvalue weighted by Gasteiger charge is -2.38. The molecule has 0 spiro atoms. The Hall–Kier alpha value is -3.65. The van der Waals surface area contributed by atoms with Crippen molar-refractivity contribution in [1.82, 2.24) is 0 Å². The van der Waals surface area contributed by atoms with Crippen LogP contribution in [-0.2, 0) is 21.4 Å². The van der Waals surface area contributed by atoms with E-state index in [1.165, 1.54) is 18.4 Å². The van der Waals surface area contributed by atoms with E-state index in [0.717, 1.165) is 48.1 Å². The summed E-state index contributed by atoms with van der Waals surface area (Å²) in [6, 6.07) is 31.1. The Balaban J connectivity index is 0.000000532. The van der Waals surface area contributed by atoms with Gasteiger partial charge in [0, 0.05) is 12.3 Å². The number of quaternary nitrogens is 1. The van der Waals surface area contributed by atoms with Gasteiger partial charge in [-0.05, 0) is 36.0 Å². The summed E-state index contributed by atoms with van der Waals surface area (Å²) in [5, 5.41) is 8.78. The molecule has 0 aliphatic carbocycles. The van der Waals surface area contributed by atoms with Crippen LogP contribution in [0.25, 0.3) is 0 Å². The number of carbonyl (C=O) groups excluding carboxylic acids is 2. The number of benzene rings is 3. The van der Waals surface area contributed by atoms with Crippen LogP contribution in [0.3, 0.4) is 0 Å². The molecule has 4 rings (SSSR count). The highest BCUT2D eigenvalue weighted by molar-refractivity contribution is 5.91. The molecular weight excluding hydrogens is 505 g/mol. The molecule has 8 heteroatoms. The fourth-order valence-corrected chi connectivity index (χ4v) is 5.73. The number of aliphatic carboxylic acids is 1. The van der Waals surface area contributed by atoms with Crippen molar-refractivity contribution in [3.05, 3.63) is 108 Å². The average Bonchev–Trinajstić information content (AvgIpc) is 3.30. The summed E-state index contributed by atoms with van der Waals surface area (Å²) in [6.45, 7) is 3.20. The van der Waals surface area contributed by atoms with Crippen LogP contribution >= 0.6 is 0 Å². The van der Waals surface area contributed by atoms with Crippen LogP contribution in [0.4, 0.5) is 13.2 Å². The molecule has 39 heavy (non-hydrogen) atoms. The number of carboxylic acid groups (broad SMARTS) is 1. The van der Waals surface area contributed by atoms with Crippen molar-refractivity contribution < 1.29 is 32.3 Å². The Morgan fingerprint density at radius 1 is 0.872 bits per heavy atom. The number of unbranched alkanes of at least 4 members (excludes halogenated alkanes) is 1. The standard InChI is InChI=1S/C29H34N2O.C2HF3O2/c1-31(21-12-11-15-24-13-5-2-6-14-24)22-20-27(23-31)29(28(30)32,25-16-7-3-8-17-25)26-18-9-4-10-19-26;3-2(4,5)1(6)7/h2-10,13-14,16-19,27H,11-12,15,20-23H2,1H3,(H-,30,32);(H,6,7). The van der Waals surface area contributed by atoms with Gasteiger partial charge in [-0.3, -0.25) is 4.79 Å². The summed E-state index contributed by atoms with van der Waals surface area (Å²) in [5.41, 5.74) is 8.90. The normalized spacial score (nSPS) is 19.1. The lowest BCUT2D eigenvalue weighted by atomic mass is 9.64. The van der Waals surface area contributed by atoms with E-state index < -0.39 is 17.6 Å². The number of nitrogens with two attached hydrogens (primary N) is 1. The number of hydrogen-bond donors (Lipinski definition) is 1. The van der Waals surface area contributed by atoms with Crippen LogP contribution in [0.1, 0.15) is 36.0 Å². The molecule has 3 aromatic rings. The molecule has 2 N–H and O–H groups in total. The third-order valence-electron chi connectivity index (χ3n) is 7.63. The molecule has 3 aromatic carbocycles. The van der Waals surface area contributed by atoms with Crippen molar-refractivity contribution >= 4 is 11.9 Å². The van der Waals surface area contributed by atoms with Crippen LogP contribution in [0.5, 0.6) is 0 Å². The molecule has 1 saturated heterocycles. The molecule has 0 bridgehead atoms. The Morgan fingerprint density at radius 3 is 1.77 bits per heavy atom. The van der Waals surface area contributed by atoms with Gasteiger partial charge >= 0.3 is 6.18 Å². The topological polar surface area (TPSA) is 83.2 Å². The second kappa shape index (κ2) is 12.9. The lowest BCUT2D eigenvalue weighted by molar-refractivity contribution is -0.899. The number of rotatable bonds is 9. The summed E-state index contributed by atoms with van der Waals surface area (Å²) >= 11 is 0. The van der Waals surface area contributed by atoms with Gasteiger partial charge in [0.15, 0.2) is 0 Å². The molecule has 208 valence electrons. The summed E-state index contributed by atoms with van der Waals surface area (Å²) in [4.78, 5) is 22.0. The lowest BCUT2D eigenvalue weighted by Crippen LogP contribution is -2.51. The van der Waals surface area contributed by atoms with Gasteiger partial charge in [0.25, 0.3) is 0 Å². The minimum atomic E-state index is -5.19. The highest BCUT2D eigenvalue weighted by Crippen LogP contribution is 2.45. The van der Waals surface area contributed by atoms with Crippen LogP contribution in [0.15, 0.2) is 91.0 Å². The third kappa shape index (κ3) is 7.47. The predicted octanol–water partition coefficient (Wildman–Crippen LogP) is 4.25. The van der Waals surface area contributed by atoms with Crippen molar-refractivity contribution in [2.24, 2.45) is 11.7 Å². The van der Waals surface area contributed by atoms with Crippen molar-refractivity contribution in [2.75, 3.05) is 26.7 Å². The number of nitrogens with zero attached hydrogens (tertiary/aromatic N) is 1. The SMILES string of the molecule is C[N+]1(CCCCc2ccccc2)CCC(C(C(N)=O)(c2ccccc2)c2ccccc2)C1.O=C([O-])C(F)(F)F. The number of hydrogen-bond acceptors (Lipinski definition) is 3. The van der Waals surface area contributed by atoms with E-state index in [-0.39, 0.29) is 11.8 Å². The van der Waals surface area contributed by atoms with Crippen molar-refractivity contribution in [3.8, 4) is 0 Å². The molecule has 5 nitrogen and oxygen atoms in total. The molecule has 1 heterocycles. The van der Waals surface area contributed by atoms with Crippen molar-refractivity contribution in [2.45, 2.75) is 37.3 Å². The van der Waals surface area contributed by atoms with Gasteiger partial charge in [-0.1, -0.05) is 91.0 Å². The van der Waals surface area contributed by atoms with Gasteiger partial charge in [0.05, 0.1) is 26.7 Å². The van der Waals surface area contributed by atoms with E-state index in [1.54, 1.807) is 0 Å². The van der Waals surface area contributed by atoms with E-state index in [1.807, 2.05) is 36.4 Å². The van der Waals surface area contributed by atoms with E-state index in [9.17, 15) is 18.0 Å². The number of alkyl halides is 3. The predicted molar refractivity (Wildman–Crippen MR) is 142 cm³/mol. The summed E-state index contributed by atoms with van der Waals surface area (Å²) in [5.74, 6) is -3.06. The number of carbonyl (C=O) groups is 2. The highest BCUT2D eigenvalue weighted by atomic mass is 19.4. The molecule has 0 radical (unpaired) electrons. The third-order valence-corrected chi connectivity index (χ3v) is 7.63. The first kappa shape index (κ1) is 29.9. The molecule has 0 aromatic heterocycles. The van der Waals surface area contributed by atoms with E-state index in [4.69, 9.17) is 15.6 Å². The average molecular weight is 541 g/mol. The number of halogens is 3. The maximum atomic E-state index is 13.3. The zero-order valence-corrected chi connectivity index (χ0v) is 22.1. The largest absolute Gasteiger partial charge is 0.542 e. The Kier molecular flexibility index (Phi) is 9.92. The quantitative estimate of drug-likeness (QED) is 0.326. The van der Waals surface area contributed by atoms with Gasteiger partial charge in [0.2, 0.25) is 5.91 Å². The molecule has 1 fully saturated rings. The van der Waals surface area contributed by atoms with Crippen LogP contribution < -0.4 is 10.8 Å². The second-order valence-electron chi connectivity index (χ2n) is 10.4. The maximum absolute atomic E-state index is 13.3. The number of amides is 1. The van der Waals surface area contributed by atoms with Crippen LogP contribution in [0.2, 0.25) is 0 Å². The minimum absolute atomic E-state index is 0.184. The number of aryl methyl sites for hydroxylation is 1. The van der Waals surface area contributed by atoms with E-state index >= 15 is 0 Å². The fraction of sp³-hybridized carbons (Fsp3) is 0.355. The summed E-state index contributed by atoms with van der Waals surface area (Å²) in [7, 11) is 2.35. The Bertz CT molecular complexity index is 1160. The molecule has 2 unspecified atom stereocenters. The minimum Gasteiger partial charge on any atom is -0.542 e. The first-order valence-corrected chi connectivity index (χ1v) is 13.1. The van der Waals surface area contributed by atoms with E-state index in [2.05, 4.69) is 61.6 Å². The first-order chi connectivity index (χ1) is 18.5. The molecule has 1 aliphatic heterocycles. The van der Waals surface area contributed by atoms with Crippen molar-refractivity contribution in [3.63, 3.8) is 0 Å². The van der Waals surface area contributed by atoms with Crippen LogP contribution in [-0.4, -0.2) is 49.2 Å². The molecule has 1 aliphatic rings. The summed E-state index contributed by atoms with van der Waals surface area (Å²) < 4.78 is 32.6. The fourth-order valence-electron chi connectivity index (χ4n) is 5.73. The van der Waals surface area contributed by atoms with Crippen LogP contribution in [0, 0.1) is 5.92 Å². The van der Waals surface area contributed by atoms with Gasteiger partial charge in [-0.2, -0.15) is 13.2 Å². The monoisotopic (exact) mass is 540 g/mol. The first-order valence-electron chi connectivity index (χ1n) is 13.1. The van der Waals surface area contributed by atoms with Gasteiger partial charge in [-0.15, -0.1) is 0 Å². The maximum Gasteiger partial charge on any atom is 0.430 e. The van der Waals surface area contributed by atoms with E-state index in [0.29, 0.717) is 0 Å². The second-order valence-corrected chi connectivity index (χ2v) is 10.4. The molecule has 1 amide bonds. The summed E-state index contributed by atoms with van der Waals surface area (Å²) in [6.07, 6.45) is -0.676. The molecular formula is C31H35F3N2O3. The zero-order valence-electron chi connectivity index (χ0n) is 22.1. The number of primary amides is 1. The Labute approximate surface area is 227 Å². The zero-order chi connectivity index (χ0) is 28.5. The number of likely N-dealkylation sites (tertiary alicyclic amines) is 1. The van der Waals surface area contributed by atoms with Gasteiger partial charge < -0.3 is 20.1 Å². The van der Waals surface area contributed by atoms with Crippen molar-refractivity contribution in [1.29, 1.82) is 0 Å². The Morgan fingerprint density at radius 2 is 1.33 bits per heavy atom. The molecule has 0 saturated carbocycles.